The molecule has 2 aliphatic heterocycles. The molecule has 5 unspecified atom stereocenters. The molecule has 2 heterocycles. The number of nitrogens with zero attached hydrogens (tertiary/aromatic N) is 2. The van der Waals surface area contributed by atoms with Gasteiger partial charge in [-0.25, -0.2) is 13.2 Å². The molecule has 202 valence electrons. The van der Waals surface area contributed by atoms with Crippen LogP contribution in [0.4, 0.5) is 18.0 Å². The van der Waals surface area contributed by atoms with Gasteiger partial charge in [0.05, 0.1) is 22.6 Å². The van der Waals surface area contributed by atoms with Gasteiger partial charge < -0.3 is 14.7 Å². The van der Waals surface area contributed by atoms with E-state index in [1.54, 1.807) is 0 Å². The average molecular weight is 534 g/mol. The van der Waals surface area contributed by atoms with Gasteiger partial charge in [-0.3, -0.25) is 5.32 Å². The SMILES string of the molecule is CCCCN(C(=O)O)C(CCC)C1NC2C(C[C@H]3CN(S(=O)(=O)c4cccc(C(F)(F)F)c4)CC23)O1. The van der Waals surface area contributed by atoms with E-state index in [1.165, 1.54) is 15.3 Å². The molecule has 3 fully saturated rings. The van der Waals surface area contributed by atoms with Gasteiger partial charge >= 0.3 is 12.3 Å². The number of alkyl halides is 3. The number of carbonyl (C=O) groups is 1. The predicted molar refractivity (Wildman–Crippen MR) is 126 cm³/mol. The monoisotopic (exact) mass is 533 g/mol. The zero-order valence-electron chi connectivity index (χ0n) is 20.4. The molecule has 1 aromatic rings. The maximum atomic E-state index is 13.2. The fourth-order valence-electron chi connectivity index (χ4n) is 5.90. The summed E-state index contributed by atoms with van der Waals surface area (Å²) in [5.41, 5.74) is -0.996. The summed E-state index contributed by atoms with van der Waals surface area (Å²) < 4.78 is 73.3. The number of halogens is 3. The molecule has 2 N–H and O–H groups in total. The number of unbranched alkanes of at least 4 members (excludes halogenated alkanes) is 1. The van der Waals surface area contributed by atoms with E-state index in [9.17, 15) is 31.5 Å². The predicted octanol–water partition coefficient (Wildman–Crippen LogP) is 3.98. The van der Waals surface area contributed by atoms with Crippen molar-refractivity contribution in [3.05, 3.63) is 29.8 Å². The lowest BCUT2D eigenvalue weighted by Crippen LogP contribution is -2.52. The van der Waals surface area contributed by atoms with Crippen LogP contribution in [0, 0.1) is 11.8 Å². The van der Waals surface area contributed by atoms with Gasteiger partial charge in [-0.15, -0.1) is 0 Å². The standard InChI is InChI=1S/C24H34F3N3O5S/c1-3-5-10-30(23(31)32)19(7-4-2)22-28-21-18-14-29(13-15(18)11-20(21)35-22)36(33,34)17-9-6-8-16(12-17)24(25,26)27/h6,8-9,12,15,18-22,28H,3-5,7,10-11,13-14H2,1-2H3,(H,31,32)/t15-,18?,19?,20?,21?,22?/m0/s1. The number of hydrogen-bond acceptors (Lipinski definition) is 5. The Morgan fingerprint density at radius 1 is 1.28 bits per heavy atom. The first-order valence-electron chi connectivity index (χ1n) is 12.6. The minimum atomic E-state index is -4.63. The first-order chi connectivity index (χ1) is 17.0. The molecule has 0 spiro atoms. The summed E-state index contributed by atoms with van der Waals surface area (Å²) in [7, 11) is -4.09. The van der Waals surface area contributed by atoms with E-state index in [1.807, 2.05) is 13.8 Å². The van der Waals surface area contributed by atoms with Crippen LogP contribution in [0.25, 0.3) is 0 Å². The summed E-state index contributed by atoms with van der Waals surface area (Å²) in [6.45, 7) is 4.82. The van der Waals surface area contributed by atoms with Crippen molar-refractivity contribution in [2.75, 3.05) is 19.6 Å². The minimum absolute atomic E-state index is 0.0225. The summed E-state index contributed by atoms with van der Waals surface area (Å²) in [5, 5.41) is 13.3. The van der Waals surface area contributed by atoms with Crippen molar-refractivity contribution in [3.8, 4) is 0 Å². The Kier molecular flexibility index (Phi) is 7.89. The van der Waals surface area contributed by atoms with Crippen LogP contribution < -0.4 is 5.32 Å². The molecule has 36 heavy (non-hydrogen) atoms. The van der Waals surface area contributed by atoms with Gasteiger partial charge in [0.15, 0.2) is 0 Å². The second kappa shape index (κ2) is 10.5. The van der Waals surface area contributed by atoms with E-state index in [0.717, 1.165) is 31.4 Å². The van der Waals surface area contributed by atoms with E-state index in [0.29, 0.717) is 25.5 Å². The van der Waals surface area contributed by atoms with E-state index < -0.39 is 34.1 Å². The van der Waals surface area contributed by atoms with Crippen molar-refractivity contribution in [1.29, 1.82) is 0 Å². The van der Waals surface area contributed by atoms with E-state index in [-0.39, 0.29) is 48.0 Å². The maximum absolute atomic E-state index is 13.2. The third-order valence-corrected chi connectivity index (χ3v) is 9.49. The van der Waals surface area contributed by atoms with Crippen LogP contribution in [0.5, 0.6) is 0 Å². The number of rotatable bonds is 9. The number of amides is 1. The van der Waals surface area contributed by atoms with E-state index in [4.69, 9.17) is 4.74 Å². The number of hydrogen-bond donors (Lipinski definition) is 2. The van der Waals surface area contributed by atoms with E-state index >= 15 is 0 Å². The molecule has 0 aromatic heterocycles. The molecule has 4 rings (SSSR count). The lowest BCUT2D eigenvalue weighted by molar-refractivity contribution is -0.137. The quantitative estimate of drug-likeness (QED) is 0.498. The third kappa shape index (κ3) is 5.23. The first-order valence-corrected chi connectivity index (χ1v) is 14.0. The Morgan fingerprint density at radius 3 is 2.67 bits per heavy atom. The highest BCUT2D eigenvalue weighted by Gasteiger charge is 2.56. The summed E-state index contributed by atoms with van der Waals surface area (Å²) >= 11 is 0. The average Bonchev–Trinajstić information content (AvgIpc) is 3.49. The van der Waals surface area contributed by atoms with E-state index in [2.05, 4.69) is 5.32 Å². The van der Waals surface area contributed by atoms with Crippen LogP contribution in [0.2, 0.25) is 0 Å². The van der Waals surface area contributed by atoms with Crippen LogP contribution in [-0.2, 0) is 20.9 Å². The molecular weight excluding hydrogens is 499 g/mol. The van der Waals surface area contributed by atoms with Crippen LogP contribution in [0.15, 0.2) is 29.2 Å². The fraction of sp³-hybridized carbons (Fsp3) is 0.708. The van der Waals surface area contributed by atoms with Crippen molar-refractivity contribution in [2.24, 2.45) is 11.8 Å². The Bertz CT molecular complexity index is 1050. The van der Waals surface area contributed by atoms with Crippen molar-refractivity contribution in [1.82, 2.24) is 14.5 Å². The Hall–Kier alpha value is -1.89. The van der Waals surface area contributed by atoms with Crippen LogP contribution in [0.1, 0.15) is 51.5 Å². The van der Waals surface area contributed by atoms with Gasteiger partial charge in [0, 0.05) is 25.7 Å². The van der Waals surface area contributed by atoms with Gasteiger partial charge in [-0.1, -0.05) is 32.8 Å². The highest BCUT2D eigenvalue weighted by molar-refractivity contribution is 7.89. The van der Waals surface area contributed by atoms with Crippen molar-refractivity contribution >= 4 is 16.1 Å². The minimum Gasteiger partial charge on any atom is -0.465 e. The van der Waals surface area contributed by atoms with Gasteiger partial charge in [-0.05, 0) is 49.3 Å². The Balaban J connectivity index is 1.47. The van der Waals surface area contributed by atoms with Crippen LogP contribution >= 0.6 is 0 Å². The molecule has 1 aliphatic carbocycles. The smallest absolute Gasteiger partial charge is 0.416 e. The normalized spacial score (nSPS) is 29.2. The Morgan fingerprint density at radius 2 is 2.03 bits per heavy atom. The molecule has 3 aliphatic rings. The summed E-state index contributed by atoms with van der Waals surface area (Å²) in [6, 6.07) is 3.36. The topological polar surface area (TPSA) is 99.2 Å². The van der Waals surface area contributed by atoms with Gasteiger partial charge in [-0.2, -0.15) is 17.5 Å². The molecule has 8 nitrogen and oxygen atoms in total. The number of sulfonamides is 1. The summed E-state index contributed by atoms with van der Waals surface area (Å²) in [4.78, 5) is 13.1. The van der Waals surface area contributed by atoms with Gasteiger partial charge in [0.25, 0.3) is 0 Å². The highest BCUT2D eigenvalue weighted by Crippen LogP contribution is 2.45. The Labute approximate surface area is 209 Å². The molecular formula is C24H34F3N3O5S. The largest absolute Gasteiger partial charge is 0.465 e. The lowest BCUT2D eigenvalue weighted by atomic mass is 9.97. The second-order valence-corrected chi connectivity index (χ2v) is 11.9. The van der Waals surface area contributed by atoms with Gasteiger partial charge in [0.2, 0.25) is 10.0 Å². The zero-order chi connectivity index (χ0) is 26.3. The molecule has 12 heteroatoms. The number of benzene rings is 1. The molecule has 6 atom stereocenters. The molecule has 2 saturated heterocycles. The number of nitrogens with one attached hydrogen (secondary N) is 1. The summed E-state index contributed by atoms with van der Waals surface area (Å²) in [5.74, 6) is -0.0360. The highest BCUT2D eigenvalue weighted by atomic mass is 32.2. The number of ether oxygens (including phenoxy) is 1. The van der Waals surface area contributed by atoms with Crippen molar-refractivity contribution in [3.63, 3.8) is 0 Å². The third-order valence-electron chi connectivity index (χ3n) is 7.66. The summed E-state index contributed by atoms with van der Waals surface area (Å²) in [6.07, 6.45) is -2.59. The lowest BCUT2D eigenvalue weighted by Gasteiger charge is -2.34. The zero-order valence-corrected chi connectivity index (χ0v) is 21.3. The van der Waals surface area contributed by atoms with Crippen LogP contribution in [0.3, 0.4) is 0 Å². The van der Waals surface area contributed by atoms with Crippen LogP contribution in [-0.4, -0.2) is 72.9 Å². The second-order valence-electron chi connectivity index (χ2n) is 9.98. The first kappa shape index (κ1) is 27.2. The molecule has 1 amide bonds. The fourth-order valence-corrected chi connectivity index (χ4v) is 7.48. The number of fused-ring (bicyclic) bond motifs is 3. The van der Waals surface area contributed by atoms with Crippen molar-refractivity contribution in [2.45, 2.75) is 81.4 Å². The molecule has 1 saturated carbocycles. The van der Waals surface area contributed by atoms with Crippen molar-refractivity contribution < 1.29 is 36.2 Å². The number of carboxylic acid groups (broad SMARTS) is 1. The maximum Gasteiger partial charge on any atom is 0.416 e. The molecule has 0 radical (unpaired) electrons. The molecule has 0 bridgehead atoms. The molecule has 1 aromatic carbocycles. The van der Waals surface area contributed by atoms with Gasteiger partial charge in [0.1, 0.15) is 6.23 Å².